The van der Waals surface area contributed by atoms with Crippen molar-refractivity contribution in [2.75, 3.05) is 0 Å². The van der Waals surface area contributed by atoms with Crippen LogP contribution in [-0.4, -0.2) is 9.78 Å². The van der Waals surface area contributed by atoms with Gasteiger partial charge < -0.3 is 0 Å². The molecule has 1 aliphatic heterocycles. The first kappa shape index (κ1) is 6.82. The van der Waals surface area contributed by atoms with E-state index in [1.54, 1.807) is 0 Å². The molecule has 2 rings (SSSR count). The highest BCUT2D eigenvalue weighted by Gasteiger charge is 2.47. The molecule has 2 heterocycles. The quantitative estimate of drug-likeness (QED) is 0.472. The second-order valence-electron chi connectivity index (χ2n) is 2.67. The minimum atomic E-state index is -0.569. The van der Waals surface area contributed by atoms with Crippen LogP contribution in [0.15, 0.2) is 12.3 Å². The van der Waals surface area contributed by atoms with Crippen molar-refractivity contribution in [3.05, 3.63) is 18.0 Å². The van der Waals surface area contributed by atoms with Gasteiger partial charge in [0.05, 0.1) is 0 Å². The zero-order chi connectivity index (χ0) is 7.90. The normalized spacial score (nSPS) is 20.2. The van der Waals surface area contributed by atoms with E-state index in [-0.39, 0.29) is 0 Å². The monoisotopic (exact) mass is 154 g/mol. The first-order chi connectivity index (χ1) is 5.24. The van der Waals surface area contributed by atoms with E-state index in [0.29, 0.717) is 0 Å². The number of nitrogens with zero attached hydrogens (tertiary/aromatic N) is 2. The molecule has 0 saturated carbocycles. The summed E-state index contributed by atoms with van der Waals surface area (Å²) in [6.07, 6.45) is 1.91. The molecule has 0 radical (unpaired) electrons. The molecular weight excluding hydrogens is 144 g/mol. The lowest BCUT2D eigenvalue weighted by molar-refractivity contribution is 0.0850. The summed E-state index contributed by atoms with van der Waals surface area (Å²) in [5, 5.41) is 4.23. The van der Waals surface area contributed by atoms with E-state index in [9.17, 15) is 0 Å². The summed E-state index contributed by atoms with van der Waals surface area (Å²) >= 11 is 0. The molecule has 0 aromatic carbocycles. The molecule has 1 aromatic rings. The van der Waals surface area contributed by atoms with E-state index in [2.05, 4.69) is 5.10 Å². The molecule has 0 amide bonds. The van der Waals surface area contributed by atoms with Gasteiger partial charge in [0.1, 0.15) is 5.69 Å². The van der Waals surface area contributed by atoms with Gasteiger partial charge in [-0.25, -0.2) is 0 Å². The number of rotatable bonds is 2. The Morgan fingerprint density at radius 2 is 2.36 bits per heavy atom. The standard InChI is InChI=1S/C7H10N2O2/c1-3-9-5-4-6(8-9)7(2)10-11-7/h4-5H,3H2,1-2H3. The fourth-order valence-electron chi connectivity index (χ4n) is 0.928. The largest absolute Gasteiger partial charge is 0.274 e. The molecule has 0 N–H and O–H groups in total. The fraction of sp³-hybridized carbons (Fsp3) is 0.571. The van der Waals surface area contributed by atoms with Crippen LogP contribution in [0.4, 0.5) is 0 Å². The summed E-state index contributed by atoms with van der Waals surface area (Å²) in [7, 11) is 0. The number of aryl methyl sites for hydroxylation is 1. The number of hydrogen-bond acceptors (Lipinski definition) is 3. The van der Waals surface area contributed by atoms with Gasteiger partial charge in [0.2, 0.25) is 0 Å². The minimum Gasteiger partial charge on any atom is -0.273 e. The molecular formula is C7H10N2O2. The van der Waals surface area contributed by atoms with E-state index in [1.807, 2.05) is 30.8 Å². The van der Waals surface area contributed by atoms with Crippen molar-refractivity contribution < 1.29 is 9.78 Å². The fourth-order valence-corrected chi connectivity index (χ4v) is 0.928. The van der Waals surface area contributed by atoms with E-state index in [0.717, 1.165) is 12.2 Å². The first-order valence-electron chi connectivity index (χ1n) is 3.65. The predicted molar refractivity (Wildman–Crippen MR) is 37.4 cm³/mol. The van der Waals surface area contributed by atoms with Crippen LogP contribution in [0.25, 0.3) is 0 Å². The first-order valence-corrected chi connectivity index (χ1v) is 3.65. The highest BCUT2D eigenvalue weighted by Crippen LogP contribution is 2.38. The molecule has 1 aliphatic rings. The third-order valence-corrected chi connectivity index (χ3v) is 1.76. The minimum absolute atomic E-state index is 0.569. The van der Waals surface area contributed by atoms with Crippen LogP contribution < -0.4 is 0 Å². The smallest absolute Gasteiger partial charge is 0.273 e. The van der Waals surface area contributed by atoms with Gasteiger partial charge in [-0.2, -0.15) is 14.9 Å². The summed E-state index contributed by atoms with van der Waals surface area (Å²) < 4.78 is 1.84. The predicted octanol–water partition coefficient (Wildman–Crippen LogP) is 1.04. The summed E-state index contributed by atoms with van der Waals surface area (Å²) in [6, 6.07) is 1.90. The topological polar surface area (TPSA) is 42.9 Å². The lowest BCUT2D eigenvalue weighted by atomic mass is 10.2. The van der Waals surface area contributed by atoms with Crippen LogP contribution in [0, 0.1) is 0 Å². The van der Waals surface area contributed by atoms with Crippen LogP contribution in [0.5, 0.6) is 0 Å². The van der Waals surface area contributed by atoms with Gasteiger partial charge in [-0.1, -0.05) is 0 Å². The SMILES string of the molecule is CCn1ccc(C2(C)OO2)n1. The van der Waals surface area contributed by atoms with Gasteiger partial charge in [-0.3, -0.25) is 4.68 Å². The van der Waals surface area contributed by atoms with Crippen molar-refractivity contribution in [1.82, 2.24) is 9.78 Å². The molecule has 0 bridgehead atoms. The molecule has 0 atom stereocenters. The van der Waals surface area contributed by atoms with E-state index in [4.69, 9.17) is 9.78 Å². The van der Waals surface area contributed by atoms with E-state index >= 15 is 0 Å². The molecule has 0 unspecified atom stereocenters. The lowest BCUT2D eigenvalue weighted by Gasteiger charge is -1.93. The van der Waals surface area contributed by atoms with Crippen LogP contribution in [0.2, 0.25) is 0 Å². The summed E-state index contributed by atoms with van der Waals surface area (Å²) in [5.74, 6) is -0.569. The second kappa shape index (κ2) is 2.06. The van der Waals surface area contributed by atoms with Crippen molar-refractivity contribution in [2.45, 2.75) is 26.2 Å². The summed E-state index contributed by atoms with van der Waals surface area (Å²) in [5.41, 5.74) is 0.833. The maximum atomic E-state index is 4.76. The van der Waals surface area contributed by atoms with Crippen molar-refractivity contribution >= 4 is 0 Å². The molecule has 1 saturated heterocycles. The Labute approximate surface area is 64.6 Å². The van der Waals surface area contributed by atoms with Crippen molar-refractivity contribution in [3.8, 4) is 0 Å². The average molecular weight is 154 g/mol. The zero-order valence-electron chi connectivity index (χ0n) is 6.57. The lowest BCUT2D eigenvalue weighted by Crippen LogP contribution is -2.04. The molecule has 0 aliphatic carbocycles. The van der Waals surface area contributed by atoms with Crippen LogP contribution in [-0.2, 0) is 22.1 Å². The van der Waals surface area contributed by atoms with Crippen LogP contribution >= 0.6 is 0 Å². The molecule has 4 nitrogen and oxygen atoms in total. The second-order valence-corrected chi connectivity index (χ2v) is 2.67. The van der Waals surface area contributed by atoms with Gasteiger partial charge in [0, 0.05) is 19.7 Å². The summed E-state index contributed by atoms with van der Waals surface area (Å²) in [6.45, 7) is 4.75. The zero-order valence-corrected chi connectivity index (χ0v) is 6.57. The van der Waals surface area contributed by atoms with Gasteiger partial charge in [0.25, 0.3) is 5.79 Å². The van der Waals surface area contributed by atoms with Gasteiger partial charge >= 0.3 is 0 Å². The Bertz CT molecular complexity index is 265. The molecule has 1 fully saturated rings. The molecule has 11 heavy (non-hydrogen) atoms. The molecule has 60 valence electrons. The third-order valence-electron chi connectivity index (χ3n) is 1.76. The van der Waals surface area contributed by atoms with E-state index < -0.39 is 5.79 Å². The van der Waals surface area contributed by atoms with Gasteiger partial charge in [-0.05, 0) is 13.0 Å². The Morgan fingerprint density at radius 3 is 2.82 bits per heavy atom. The van der Waals surface area contributed by atoms with Crippen molar-refractivity contribution in [3.63, 3.8) is 0 Å². The van der Waals surface area contributed by atoms with Crippen LogP contribution in [0.3, 0.4) is 0 Å². The maximum absolute atomic E-state index is 4.76. The number of hydrogen-bond donors (Lipinski definition) is 0. The van der Waals surface area contributed by atoms with Gasteiger partial charge in [0.15, 0.2) is 0 Å². The molecule has 0 spiro atoms. The van der Waals surface area contributed by atoms with Crippen molar-refractivity contribution in [2.24, 2.45) is 0 Å². The Balaban J connectivity index is 2.25. The Morgan fingerprint density at radius 1 is 1.64 bits per heavy atom. The van der Waals surface area contributed by atoms with Crippen molar-refractivity contribution in [1.29, 1.82) is 0 Å². The third kappa shape index (κ3) is 1.04. The molecule has 1 aromatic heterocycles. The highest BCUT2D eigenvalue weighted by atomic mass is 17.4. The highest BCUT2D eigenvalue weighted by molar-refractivity contribution is 5.07. The summed E-state index contributed by atoms with van der Waals surface area (Å²) in [4.78, 5) is 9.53. The maximum Gasteiger partial charge on any atom is 0.274 e. The Hall–Kier alpha value is -0.870. The van der Waals surface area contributed by atoms with Crippen LogP contribution in [0.1, 0.15) is 19.5 Å². The van der Waals surface area contributed by atoms with E-state index in [1.165, 1.54) is 0 Å². The molecule has 4 heteroatoms. The van der Waals surface area contributed by atoms with Gasteiger partial charge in [-0.15, -0.1) is 0 Å². The average Bonchev–Trinajstić information content (AvgIpc) is 2.61. The number of aromatic nitrogens is 2. The Kier molecular flexibility index (Phi) is 1.27.